The zero-order valence-corrected chi connectivity index (χ0v) is 9.69. The standard InChI is InChI=1S/C11H16O5/c1-10(2)14-7-8(15-10)11(5-4-6(11)12)16-9(7)13-3/h7-9H,4-5H2,1-3H3/t7-,8+,9-,11+/m1/s1. The van der Waals surface area contributed by atoms with Gasteiger partial charge in [-0.15, -0.1) is 0 Å². The van der Waals surface area contributed by atoms with Crippen molar-refractivity contribution in [1.29, 1.82) is 0 Å². The number of ether oxygens (including phenoxy) is 4. The summed E-state index contributed by atoms with van der Waals surface area (Å²) in [7, 11) is 1.55. The number of methoxy groups -OCH3 is 1. The Morgan fingerprint density at radius 2 is 2.06 bits per heavy atom. The van der Waals surface area contributed by atoms with Gasteiger partial charge in [0.1, 0.15) is 12.2 Å². The van der Waals surface area contributed by atoms with Crippen LogP contribution < -0.4 is 0 Å². The fourth-order valence-electron chi connectivity index (χ4n) is 2.77. The van der Waals surface area contributed by atoms with Crippen LogP contribution in [0.25, 0.3) is 0 Å². The molecule has 3 fully saturated rings. The normalized spacial score (nSPS) is 49.4. The molecule has 2 aliphatic heterocycles. The molecule has 0 aromatic heterocycles. The molecule has 0 aromatic carbocycles. The van der Waals surface area contributed by atoms with Gasteiger partial charge in [-0.25, -0.2) is 0 Å². The lowest BCUT2D eigenvalue weighted by Gasteiger charge is -2.39. The largest absolute Gasteiger partial charge is 0.353 e. The van der Waals surface area contributed by atoms with Crippen LogP contribution in [0.2, 0.25) is 0 Å². The van der Waals surface area contributed by atoms with Crippen molar-refractivity contribution in [3.8, 4) is 0 Å². The van der Waals surface area contributed by atoms with E-state index >= 15 is 0 Å². The third-order valence-electron chi connectivity index (χ3n) is 3.61. The van der Waals surface area contributed by atoms with Crippen LogP contribution in [-0.2, 0) is 23.7 Å². The molecular formula is C11H16O5. The summed E-state index contributed by atoms with van der Waals surface area (Å²) in [6, 6.07) is 0. The zero-order valence-electron chi connectivity index (χ0n) is 9.69. The van der Waals surface area contributed by atoms with Crippen LogP contribution in [0.15, 0.2) is 0 Å². The minimum Gasteiger partial charge on any atom is -0.353 e. The predicted octanol–water partition coefficient (Wildman–Crippen LogP) is 0.611. The maximum Gasteiger partial charge on any atom is 0.187 e. The number of carbonyl (C=O) groups is 1. The molecule has 1 spiro atoms. The lowest BCUT2D eigenvalue weighted by atomic mass is 9.74. The number of ketones is 1. The Hall–Kier alpha value is -0.490. The SMILES string of the molecule is CO[C@@H]1O[C@]2(CCC2=O)[C@H]2OC(C)(C)O[C@@H]12. The summed E-state index contributed by atoms with van der Waals surface area (Å²) in [6.45, 7) is 3.68. The van der Waals surface area contributed by atoms with Gasteiger partial charge < -0.3 is 18.9 Å². The Bertz CT molecular complexity index is 339. The summed E-state index contributed by atoms with van der Waals surface area (Å²) in [5.74, 6) is -0.568. The highest BCUT2D eigenvalue weighted by atomic mass is 16.8. The van der Waals surface area contributed by atoms with E-state index in [0.717, 1.165) is 0 Å². The maximum atomic E-state index is 11.8. The fourth-order valence-corrected chi connectivity index (χ4v) is 2.77. The van der Waals surface area contributed by atoms with E-state index < -0.39 is 17.7 Å². The highest BCUT2D eigenvalue weighted by molar-refractivity contribution is 5.94. The molecule has 3 aliphatic rings. The lowest BCUT2D eigenvalue weighted by molar-refractivity contribution is -0.254. The third-order valence-corrected chi connectivity index (χ3v) is 3.61. The van der Waals surface area contributed by atoms with Gasteiger partial charge in [-0.2, -0.15) is 0 Å². The summed E-state index contributed by atoms with van der Waals surface area (Å²) in [5, 5.41) is 0. The van der Waals surface area contributed by atoms with Crippen LogP contribution in [-0.4, -0.2) is 42.8 Å². The van der Waals surface area contributed by atoms with Crippen LogP contribution in [0.5, 0.6) is 0 Å². The quantitative estimate of drug-likeness (QED) is 0.658. The molecule has 5 heteroatoms. The highest BCUT2D eigenvalue weighted by Gasteiger charge is 2.69. The van der Waals surface area contributed by atoms with Crippen LogP contribution in [0, 0.1) is 0 Å². The smallest absolute Gasteiger partial charge is 0.187 e. The molecular weight excluding hydrogens is 212 g/mol. The van der Waals surface area contributed by atoms with Gasteiger partial charge in [0, 0.05) is 13.5 Å². The summed E-state index contributed by atoms with van der Waals surface area (Å²) in [4.78, 5) is 11.8. The molecule has 90 valence electrons. The van der Waals surface area contributed by atoms with Crippen molar-refractivity contribution in [2.75, 3.05) is 7.11 Å². The van der Waals surface area contributed by atoms with E-state index in [1.165, 1.54) is 0 Å². The second-order valence-corrected chi connectivity index (χ2v) is 5.06. The first kappa shape index (κ1) is 10.7. The van der Waals surface area contributed by atoms with Crippen molar-refractivity contribution in [2.45, 2.75) is 56.6 Å². The monoisotopic (exact) mass is 228 g/mol. The number of Topliss-reactive ketones (excluding diaryl/α,β-unsaturated/α-hetero) is 1. The Balaban J connectivity index is 1.92. The molecule has 16 heavy (non-hydrogen) atoms. The van der Waals surface area contributed by atoms with Crippen molar-refractivity contribution in [3.63, 3.8) is 0 Å². The topological polar surface area (TPSA) is 54.0 Å². The van der Waals surface area contributed by atoms with E-state index in [-0.39, 0.29) is 18.0 Å². The Morgan fingerprint density at radius 3 is 2.56 bits per heavy atom. The van der Waals surface area contributed by atoms with Gasteiger partial charge in [-0.05, 0) is 20.3 Å². The van der Waals surface area contributed by atoms with E-state index in [0.29, 0.717) is 12.8 Å². The van der Waals surface area contributed by atoms with E-state index in [1.54, 1.807) is 7.11 Å². The van der Waals surface area contributed by atoms with Crippen molar-refractivity contribution in [3.05, 3.63) is 0 Å². The van der Waals surface area contributed by atoms with E-state index in [9.17, 15) is 4.79 Å². The molecule has 0 unspecified atom stereocenters. The molecule has 1 saturated carbocycles. The van der Waals surface area contributed by atoms with Crippen molar-refractivity contribution >= 4 is 5.78 Å². The fraction of sp³-hybridized carbons (Fsp3) is 0.909. The molecule has 1 aliphatic carbocycles. The molecule has 0 aromatic rings. The number of carbonyl (C=O) groups excluding carboxylic acids is 1. The molecule has 2 saturated heterocycles. The van der Waals surface area contributed by atoms with Gasteiger partial charge in [-0.1, -0.05) is 0 Å². The van der Waals surface area contributed by atoms with Crippen LogP contribution in [0.3, 0.4) is 0 Å². The minimum atomic E-state index is -0.806. The van der Waals surface area contributed by atoms with E-state index in [4.69, 9.17) is 18.9 Å². The van der Waals surface area contributed by atoms with Gasteiger partial charge in [0.2, 0.25) is 0 Å². The third kappa shape index (κ3) is 1.17. The summed E-state index contributed by atoms with van der Waals surface area (Å²) in [6.07, 6.45) is 0.129. The Labute approximate surface area is 94.0 Å². The second kappa shape index (κ2) is 3.04. The average Bonchev–Trinajstić information content (AvgIpc) is 2.68. The first-order valence-electron chi connectivity index (χ1n) is 5.58. The number of fused-ring (bicyclic) bond motifs is 2. The van der Waals surface area contributed by atoms with Crippen LogP contribution in [0.1, 0.15) is 26.7 Å². The second-order valence-electron chi connectivity index (χ2n) is 5.06. The number of hydrogen-bond donors (Lipinski definition) is 0. The lowest BCUT2D eigenvalue weighted by Crippen LogP contribution is -2.56. The summed E-state index contributed by atoms with van der Waals surface area (Å²) in [5.41, 5.74) is -0.806. The van der Waals surface area contributed by atoms with Crippen molar-refractivity contribution in [1.82, 2.24) is 0 Å². The first-order valence-corrected chi connectivity index (χ1v) is 5.58. The summed E-state index contributed by atoms with van der Waals surface area (Å²) >= 11 is 0. The van der Waals surface area contributed by atoms with Crippen molar-refractivity contribution in [2.24, 2.45) is 0 Å². The van der Waals surface area contributed by atoms with Crippen LogP contribution >= 0.6 is 0 Å². The van der Waals surface area contributed by atoms with Gasteiger partial charge in [0.05, 0.1) is 0 Å². The van der Waals surface area contributed by atoms with Gasteiger partial charge >= 0.3 is 0 Å². The Morgan fingerprint density at radius 1 is 1.31 bits per heavy atom. The molecule has 0 radical (unpaired) electrons. The van der Waals surface area contributed by atoms with E-state index in [2.05, 4.69) is 0 Å². The van der Waals surface area contributed by atoms with Gasteiger partial charge in [-0.3, -0.25) is 4.79 Å². The minimum absolute atomic E-state index is 0.100. The van der Waals surface area contributed by atoms with Gasteiger partial charge in [0.15, 0.2) is 23.5 Å². The Kier molecular flexibility index (Phi) is 2.02. The molecule has 2 heterocycles. The highest BCUT2D eigenvalue weighted by Crippen LogP contribution is 2.51. The van der Waals surface area contributed by atoms with Gasteiger partial charge in [0.25, 0.3) is 0 Å². The molecule has 5 nitrogen and oxygen atoms in total. The molecule has 0 N–H and O–H groups in total. The first-order chi connectivity index (χ1) is 7.48. The maximum absolute atomic E-state index is 11.8. The van der Waals surface area contributed by atoms with Crippen molar-refractivity contribution < 1.29 is 23.7 Å². The molecule has 4 atom stereocenters. The average molecular weight is 228 g/mol. The predicted molar refractivity (Wildman–Crippen MR) is 52.7 cm³/mol. The molecule has 0 bridgehead atoms. The number of rotatable bonds is 1. The number of hydrogen-bond acceptors (Lipinski definition) is 5. The molecule has 3 rings (SSSR count). The zero-order chi connectivity index (χ0) is 11.6. The summed E-state index contributed by atoms with van der Waals surface area (Å²) < 4.78 is 22.4. The molecule has 0 amide bonds. The van der Waals surface area contributed by atoms with Crippen LogP contribution in [0.4, 0.5) is 0 Å². The van der Waals surface area contributed by atoms with E-state index in [1.807, 2.05) is 13.8 Å².